The van der Waals surface area contributed by atoms with E-state index in [0.29, 0.717) is 12.5 Å². The lowest BCUT2D eigenvalue weighted by Gasteiger charge is -2.11. The summed E-state index contributed by atoms with van der Waals surface area (Å²) >= 11 is 0. The highest BCUT2D eigenvalue weighted by Crippen LogP contribution is 2.16. The van der Waals surface area contributed by atoms with Crippen LogP contribution in [0.2, 0.25) is 0 Å². The van der Waals surface area contributed by atoms with E-state index in [4.69, 9.17) is 4.42 Å². The minimum Gasteiger partial charge on any atom is -0.465 e. The molecule has 2 heterocycles. The van der Waals surface area contributed by atoms with Gasteiger partial charge in [0, 0.05) is 13.0 Å². The van der Waals surface area contributed by atoms with Crippen LogP contribution in [-0.4, -0.2) is 14.8 Å². The third-order valence-electron chi connectivity index (χ3n) is 3.27. The zero-order valence-corrected chi connectivity index (χ0v) is 12.3. The van der Waals surface area contributed by atoms with E-state index in [1.165, 1.54) is 0 Å². The molecule has 0 saturated heterocycles. The van der Waals surface area contributed by atoms with Gasteiger partial charge in [-0.15, -0.1) is 10.2 Å². The number of furan rings is 1. The van der Waals surface area contributed by atoms with Crippen molar-refractivity contribution in [3.63, 3.8) is 0 Å². The van der Waals surface area contributed by atoms with Gasteiger partial charge in [0.1, 0.15) is 23.2 Å². The second kappa shape index (κ2) is 5.57. The van der Waals surface area contributed by atoms with E-state index in [2.05, 4.69) is 40.9 Å². The van der Waals surface area contributed by atoms with Crippen molar-refractivity contribution < 1.29 is 4.42 Å². The van der Waals surface area contributed by atoms with E-state index in [1.54, 1.807) is 0 Å². The highest BCUT2D eigenvalue weighted by Gasteiger charge is 2.14. The second-order valence-electron chi connectivity index (χ2n) is 5.24. The molecule has 1 N–H and O–H groups in total. The summed E-state index contributed by atoms with van der Waals surface area (Å²) in [6.45, 7) is 8.95. The van der Waals surface area contributed by atoms with Gasteiger partial charge in [0.05, 0.1) is 12.6 Å². The Hall–Kier alpha value is -1.62. The molecule has 5 heteroatoms. The summed E-state index contributed by atoms with van der Waals surface area (Å²) in [6.07, 6.45) is 0. The topological polar surface area (TPSA) is 55.9 Å². The zero-order valence-electron chi connectivity index (χ0n) is 12.3. The molecule has 2 aromatic heterocycles. The van der Waals surface area contributed by atoms with Crippen LogP contribution in [0, 0.1) is 6.92 Å². The highest BCUT2D eigenvalue weighted by molar-refractivity contribution is 5.09. The first-order valence-electron chi connectivity index (χ1n) is 6.67. The quantitative estimate of drug-likeness (QED) is 0.900. The van der Waals surface area contributed by atoms with Crippen LogP contribution in [0.25, 0.3) is 0 Å². The first-order valence-corrected chi connectivity index (χ1v) is 6.67. The molecule has 1 unspecified atom stereocenters. The minimum atomic E-state index is 0.160. The van der Waals surface area contributed by atoms with Gasteiger partial charge in [-0.05, 0) is 26.0 Å². The molecule has 0 aliphatic carbocycles. The van der Waals surface area contributed by atoms with Crippen molar-refractivity contribution >= 4 is 0 Å². The fraction of sp³-hybridized carbons (Fsp3) is 0.571. The summed E-state index contributed by atoms with van der Waals surface area (Å²) in [5.41, 5.74) is 0. The van der Waals surface area contributed by atoms with Crippen molar-refractivity contribution in [3.8, 4) is 0 Å². The van der Waals surface area contributed by atoms with Crippen LogP contribution in [0.15, 0.2) is 16.5 Å². The van der Waals surface area contributed by atoms with Gasteiger partial charge in [-0.3, -0.25) is 0 Å². The zero-order chi connectivity index (χ0) is 14.0. The van der Waals surface area contributed by atoms with Crippen molar-refractivity contribution in [2.45, 2.75) is 46.2 Å². The van der Waals surface area contributed by atoms with E-state index in [1.807, 2.05) is 26.1 Å². The molecule has 0 aliphatic rings. The van der Waals surface area contributed by atoms with Gasteiger partial charge < -0.3 is 14.3 Å². The normalized spacial score (nSPS) is 13.2. The molecule has 0 bridgehead atoms. The fourth-order valence-corrected chi connectivity index (χ4v) is 2.06. The number of nitrogens with one attached hydrogen (secondary N) is 1. The molecular formula is C14H22N4O. The maximum atomic E-state index is 5.60. The number of hydrogen-bond acceptors (Lipinski definition) is 4. The molecule has 0 saturated carbocycles. The van der Waals surface area contributed by atoms with Crippen molar-refractivity contribution in [1.29, 1.82) is 0 Å². The molecule has 0 radical (unpaired) electrons. The maximum Gasteiger partial charge on any atom is 0.146 e. The standard InChI is InChI=1S/C14H22N4O/c1-9(2)14-17-16-13(18(14)5)8-15-11(4)12-7-6-10(3)19-12/h6-7,9,11,15H,8H2,1-5H3. The average Bonchev–Trinajstić information content (AvgIpc) is 2.93. The van der Waals surface area contributed by atoms with Crippen LogP contribution in [0.5, 0.6) is 0 Å². The van der Waals surface area contributed by atoms with Crippen LogP contribution in [-0.2, 0) is 13.6 Å². The predicted molar refractivity (Wildman–Crippen MR) is 73.8 cm³/mol. The van der Waals surface area contributed by atoms with Gasteiger partial charge >= 0.3 is 0 Å². The van der Waals surface area contributed by atoms with E-state index in [-0.39, 0.29) is 6.04 Å². The molecule has 0 aliphatic heterocycles. The van der Waals surface area contributed by atoms with Gasteiger partial charge in [0.25, 0.3) is 0 Å². The Kier molecular flexibility index (Phi) is 4.04. The number of rotatable bonds is 5. The van der Waals surface area contributed by atoms with E-state index < -0.39 is 0 Å². The Labute approximate surface area is 114 Å². The van der Waals surface area contributed by atoms with Crippen LogP contribution < -0.4 is 5.32 Å². The molecule has 19 heavy (non-hydrogen) atoms. The largest absolute Gasteiger partial charge is 0.465 e. The molecule has 1 atom stereocenters. The predicted octanol–water partition coefficient (Wildman–Crippen LogP) is 2.69. The average molecular weight is 262 g/mol. The summed E-state index contributed by atoms with van der Waals surface area (Å²) in [4.78, 5) is 0. The third kappa shape index (κ3) is 3.04. The maximum absolute atomic E-state index is 5.60. The summed E-state index contributed by atoms with van der Waals surface area (Å²) in [6, 6.07) is 4.14. The Bertz CT molecular complexity index is 541. The summed E-state index contributed by atoms with van der Waals surface area (Å²) < 4.78 is 7.66. The van der Waals surface area contributed by atoms with Crippen molar-refractivity contribution in [2.75, 3.05) is 0 Å². The molecule has 0 fully saturated rings. The van der Waals surface area contributed by atoms with Crippen molar-refractivity contribution in [2.24, 2.45) is 7.05 Å². The Morgan fingerprint density at radius 3 is 2.53 bits per heavy atom. The van der Waals surface area contributed by atoms with E-state index in [9.17, 15) is 0 Å². The molecule has 0 spiro atoms. The van der Waals surface area contributed by atoms with Crippen molar-refractivity contribution in [1.82, 2.24) is 20.1 Å². The number of aromatic nitrogens is 3. The lowest BCUT2D eigenvalue weighted by Crippen LogP contribution is -2.20. The number of hydrogen-bond donors (Lipinski definition) is 1. The minimum absolute atomic E-state index is 0.160. The first-order chi connectivity index (χ1) is 8.99. The van der Waals surface area contributed by atoms with Crippen molar-refractivity contribution in [3.05, 3.63) is 35.3 Å². The van der Waals surface area contributed by atoms with Gasteiger partial charge in [0.15, 0.2) is 0 Å². The molecular weight excluding hydrogens is 240 g/mol. The van der Waals surface area contributed by atoms with E-state index in [0.717, 1.165) is 23.2 Å². The molecule has 2 aromatic rings. The highest BCUT2D eigenvalue weighted by atomic mass is 16.3. The first kappa shape index (κ1) is 13.8. The fourth-order valence-electron chi connectivity index (χ4n) is 2.06. The number of aryl methyl sites for hydroxylation is 1. The van der Waals surface area contributed by atoms with Gasteiger partial charge in [-0.2, -0.15) is 0 Å². The van der Waals surface area contributed by atoms with E-state index >= 15 is 0 Å². The van der Waals surface area contributed by atoms with Gasteiger partial charge in [0.2, 0.25) is 0 Å². The van der Waals surface area contributed by atoms with Crippen LogP contribution in [0.3, 0.4) is 0 Å². The summed E-state index contributed by atoms with van der Waals surface area (Å²) in [7, 11) is 2.01. The molecule has 0 aromatic carbocycles. The molecule has 2 rings (SSSR count). The van der Waals surface area contributed by atoms with Gasteiger partial charge in [-0.1, -0.05) is 13.8 Å². The SMILES string of the molecule is Cc1ccc(C(C)NCc2nnc(C(C)C)n2C)o1. The molecule has 0 amide bonds. The van der Waals surface area contributed by atoms with Crippen LogP contribution >= 0.6 is 0 Å². The smallest absolute Gasteiger partial charge is 0.146 e. The Morgan fingerprint density at radius 2 is 2.00 bits per heavy atom. The van der Waals surface area contributed by atoms with Gasteiger partial charge in [-0.25, -0.2) is 0 Å². The second-order valence-corrected chi connectivity index (χ2v) is 5.24. The Balaban J connectivity index is 1.99. The molecule has 5 nitrogen and oxygen atoms in total. The monoisotopic (exact) mass is 262 g/mol. The summed E-state index contributed by atoms with van der Waals surface area (Å²) in [5, 5.41) is 11.9. The third-order valence-corrected chi connectivity index (χ3v) is 3.27. The Morgan fingerprint density at radius 1 is 1.26 bits per heavy atom. The summed E-state index contributed by atoms with van der Waals surface area (Å²) in [5.74, 6) is 4.22. The lowest BCUT2D eigenvalue weighted by atomic mass is 10.2. The van der Waals surface area contributed by atoms with Crippen LogP contribution in [0.1, 0.15) is 55.9 Å². The van der Waals surface area contributed by atoms with Crippen LogP contribution in [0.4, 0.5) is 0 Å². The lowest BCUT2D eigenvalue weighted by molar-refractivity contribution is 0.411. The number of nitrogens with zero attached hydrogens (tertiary/aromatic N) is 3. The molecule has 104 valence electrons.